The van der Waals surface area contributed by atoms with Crippen LogP contribution in [0, 0.1) is 0 Å². The molecule has 1 aliphatic heterocycles. The summed E-state index contributed by atoms with van der Waals surface area (Å²) in [6.45, 7) is 1.38. The maximum absolute atomic E-state index is 11.7. The number of ketones is 1. The van der Waals surface area contributed by atoms with Gasteiger partial charge in [0.2, 0.25) is 0 Å². The molecule has 82 valence electrons. The molecule has 0 radical (unpaired) electrons. The number of Topliss-reactive ketones (excluding diaryl/α,β-unsaturated/α-hetero) is 1. The van der Waals surface area contributed by atoms with Crippen LogP contribution in [0.25, 0.3) is 11.0 Å². The van der Waals surface area contributed by atoms with Gasteiger partial charge in [-0.2, -0.15) is 5.10 Å². The lowest BCUT2D eigenvalue weighted by Crippen LogP contribution is -2.36. The van der Waals surface area contributed by atoms with Gasteiger partial charge in [0.15, 0.2) is 5.65 Å². The fraction of sp³-hybridized carbons (Fsp3) is 0.400. The zero-order valence-electron chi connectivity index (χ0n) is 8.60. The molecular formula is C10H11N5O. The van der Waals surface area contributed by atoms with E-state index in [0.717, 1.165) is 11.9 Å². The van der Waals surface area contributed by atoms with E-state index in [4.69, 9.17) is 0 Å². The molecular weight excluding hydrogens is 206 g/mol. The van der Waals surface area contributed by atoms with E-state index in [2.05, 4.69) is 25.5 Å². The minimum Gasteiger partial charge on any atom is -0.315 e. The van der Waals surface area contributed by atoms with Crippen molar-refractivity contribution in [2.75, 3.05) is 13.1 Å². The van der Waals surface area contributed by atoms with E-state index in [1.807, 2.05) is 0 Å². The average molecular weight is 217 g/mol. The molecule has 0 bridgehead atoms. The van der Waals surface area contributed by atoms with Gasteiger partial charge in [-0.15, -0.1) is 0 Å². The highest BCUT2D eigenvalue weighted by molar-refractivity contribution is 5.86. The van der Waals surface area contributed by atoms with E-state index in [1.165, 1.54) is 0 Å². The van der Waals surface area contributed by atoms with Gasteiger partial charge in [-0.05, 0) is 0 Å². The first-order chi connectivity index (χ1) is 7.84. The second-order valence-electron chi connectivity index (χ2n) is 3.88. The number of hydrogen-bond donors (Lipinski definition) is 2. The molecule has 0 aliphatic carbocycles. The van der Waals surface area contributed by atoms with Gasteiger partial charge in [-0.25, -0.2) is 9.97 Å². The monoisotopic (exact) mass is 217 g/mol. The summed E-state index contributed by atoms with van der Waals surface area (Å²) < 4.78 is 0. The molecule has 6 nitrogen and oxygen atoms in total. The van der Waals surface area contributed by atoms with Crippen LogP contribution in [0.15, 0.2) is 12.4 Å². The van der Waals surface area contributed by atoms with Crippen LogP contribution in [0.4, 0.5) is 0 Å². The molecule has 1 atom stereocenters. The molecule has 0 amide bonds. The van der Waals surface area contributed by atoms with Gasteiger partial charge in [0, 0.05) is 25.7 Å². The summed E-state index contributed by atoms with van der Waals surface area (Å²) in [6.07, 6.45) is 3.91. The number of carbonyl (C=O) groups is 1. The molecule has 0 aromatic carbocycles. The lowest BCUT2D eigenvalue weighted by atomic mass is 9.97. The lowest BCUT2D eigenvalue weighted by molar-refractivity contribution is -0.121. The van der Waals surface area contributed by atoms with Gasteiger partial charge < -0.3 is 5.32 Å². The third kappa shape index (κ3) is 1.47. The fourth-order valence-electron chi connectivity index (χ4n) is 1.90. The highest BCUT2D eigenvalue weighted by Crippen LogP contribution is 2.18. The number of nitrogens with one attached hydrogen (secondary N) is 2. The third-order valence-corrected chi connectivity index (χ3v) is 2.81. The summed E-state index contributed by atoms with van der Waals surface area (Å²) in [5.74, 6) is 0.563. The standard InChI is InChI=1S/C10H11N5O/c16-8-1-2-11-5-7(8)10-12-3-6-4-13-15-9(6)14-10/h3-4,7,11H,1-2,5H2,(H,12,13,14,15). The predicted octanol–water partition coefficient (Wildman–Crippen LogP) is -0.00110. The molecule has 0 spiro atoms. The zero-order chi connectivity index (χ0) is 11.0. The van der Waals surface area contributed by atoms with Crippen molar-refractivity contribution in [3.63, 3.8) is 0 Å². The van der Waals surface area contributed by atoms with Gasteiger partial charge in [0.25, 0.3) is 0 Å². The number of rotatable bonds is 1. The van der Waals surface area contributed by atoms with Crippen molar-refractivity contribution in [2.24, 2.45) is 0 Å². The average Bonchev–Trinajstić information content (AvgIpc) is 2.76. The summed E-state index contributed by atoms with van der Waals surface area (Å²) >= 11 is 0. The van der Waals surface area contributed by atoms with Crippen molar-refractivity contribution in [1.82, 2.24) is 25.5 Å². The Balaban J connectivity index is 2.00. The van der Waals surface area contributed by atoms with Crippen molar-refractivity contribution < 1.29 is 4.79 Å². The summed E-state index contributed by atoms with van der Waals surface area (Å²) in [4.78, 5) is 20.3. The number of fused-ring (bicyclic) bond motifs is 1. The van der Waals surface area contributed by atoms with Crippen LogP contribution in [0.2, 0.25) is 0 Å². The van der Waals surface area contributed by atoms with Crippen molar-refractivity contribution in [3.8, 4) is 0 Å². The molecule has 1 aliphatic rings. The van der Waals surface area contributed by atoms with Crippen LogP contribution in [0.3, 0.4) is 0 Å². The number of carbonyl (C=O) groups excluding carboxylic acids is 1. The molecule has 0 saturated carbocycles. The zero-order valence-corrected chi connectivity index (χ0v) is 8.60. The minimum absolute atomic E-state index is 0.206. The van der Waals surface area contributed by atoms with E-state index in [1.54, 1.807) is 12.4 Å². The molecule has 1 unspecified atom stereocenters. The Labute approximate surface area is 91.5 Å². The first-order valence-electron chi connectivity index (χ1n) is 5.24. The van der Waals surface area contributed by atoms with Crippen LogP contribution in [0.1, 0.15) is 18.2 Å². The van der Waals surface area contributed by atoms with Crippen LogP contribution in [-0.2, 0) is 4.79 Å². The Hall–Kier alpha value is -1.82. The summed E-state index contributed by atoms with van der Waals surface area (Å²) in [5, 5.41) is 10.7. The van der Waals surface area contributed by atoms with E-state index in [9.17, 15) is 4.79 Å². The largest absolute Gasteiger partial charge is 0.315 e. The molecule has 3 heterocycles. The highest BCUT2D eigenvalue weighted by Gasteiger charge is 2.26. The van der Waals surface area contributed by atoms with E-state index in [0.29, 0.717) is 24.4 Å². The number of nitrogens with zero attached hydrogens (tertiary/aromatic N) is 3. The van der Waals surface area contributed by atoms with E-state index >= 15 is 0 Å². The lowest BCUT2D eigenvalue weighted by Gasteiger charge is -2.19. The SMILES string of the molecule is O=C1CCNCC1c1ncc2cn[nH]c2n1. The van der Waals surface area contributed by atoms with Gasteiger partial charge in [-0.1, -0.05) is 0 Å². The minimum atomic E-state index is -0.221. The number of aromatic nitrogens is 4. The maximum Gasteiger partial charge on any atom is 0.158 e. The third-order valence-electron chi connectivity index (χ3n) is 2.81. The number of aromatic amines is 1. The number of H-pyrrole nitrogens is 1. The van der Waals surface area contributed by atoms with E-state index < -0.39 is 0 Å². The molecule has 1 saturated heterocycles. The fourth-order valence-corrected chi connectivity index (χ4v) is 1.90. The smallest absolute Gasteiger partial charge is 0.158 e. The van der Waals surface area contributed by atoms with Crippen LogP contribution < -0.4 is 5.32 Å². The number of piperidine rings is 1. The quantitative estimate of drug-likeness (QED) is 0.702. The van der Waals surface area contributed by atoms with E-state index in [-0.39, 0.29) is 11.7 Å². The van der Waals surface area contributed by atoms with Crippen LogP contribution in [0.5, 0.6) is 0 Å². The summed E-state index contributed by atoms with van der Waals surface area (Å²) in [6, 6.07) is 0. The van der Waals surface area contributed by atoms with Crippen LogP contribution >= 0.6 is 0 Å². The molecule has 2 aromatic heterocycles. The molecule has 16 heavy (non-hydrogen) atoms. The first-order valence-corrected chi connectivity index (χ1v) is 5.24. The second kappa shape index (κ2) is 3.64. The Morgan fingerprint density at radius 3 is 3.19 bits per heavy atom. The Bertz CT molecular complexity index is 535. The van der Waals surface area contributed by atoms with Crippen LogP contribution in [-0.4, -0.2) is 39.0 Å². The maximum atomic E-state index is 11.7. The predicted molar refractivity (Wildman–Crippen MR) is 56.9 cm³/mol. The Kier molecular flexibility index (Phi) is 2.14. The molecule has 2 aromatic rings. The summed E-state index contributed by atoms with van der Waals surface area (Å²) in [7, 11) is 0. The van der Waals surface area contributed by atoms with Gasteiger partial charge in [0.1, 0.15) is 11.6 Å². The molecule has 3 rings (SSSR count). The van der Waals surface area contributed by atoms with Gasteiger partial charge >= 0.3 is 0 Å². The Morgan fingerprint density at radius 1 is 1.38 bits per heavy atom. The molecule has 6 heteroatoms. The normalized spacial score (nSPS) is 21.5. The highest BCUT2D eigenvalue weighted by atomic mass is 16.1. The number of hydrogen-bond acceptors (Lipinski definition) is 5. The van der Waals surface area contributed by atoms with Crippen molar-refractivity contribution in [3.05, 3.63) is 18.2 Å². The first kappa shape index (κ1) is 9.41. The topological polar surface area (TPSA) is 83.6 Å². The van der Waals surface area contributed by atoms with Crippen molar-refractivity contribution in [2.45, 2.75) is 12.3 Å². The Morgan fingerprint density at radius 2 is 2.31 bits per heavy atom. The molecule has 1 fully saturated rings. The van der Waals surface area contributed by atoms with Crippen molar-refractivity contribution >= 4 is 16.8 Å². The summed E-state index contributed by atoms with van der Waals surface area (Å²) in [5.41, 5.74) is 0.684. The second-order valence-corrected chi connectivity index (χ2v) is 3.88. The molecule has 2 N–H and O–H groups in total. The van der Waals surface area contributed by atoms with Crippen molar-refractivity contribution in [1.29, 1.82) is 0 Å². The van der Waals surface area contributed by atoms with Gasteiger partial charge in [-0.3, -0.25) is 9.89 Å². The van der Waals surface area contributed by atoms with Gasteiger partial charge in [0.05, 0.1) is 17.5 Å².